The predicted octanol–water partition coefficient (Wildman–Crippen LogP) is 5.46. The van der Waals surface area contributed by atoms with Crippen LogP contribution in [0.3, 0.4) is 0 Å². The van der Waals surface area contributed by atoms with Crippen molar-refractivity contribution in [3.63, 3.8) is 0 Å². The number of methoxy groups -OCH3 is 3. The van der Waals surface area contributed by atoms with Crippen LogP contribution in [0.1, 0.15) is 65.7 Å². The van der Waals surface area contributed by atoms with Crippen LogP contribution in [0.2, 0.25) is 0 Å². The highest BCUT2D eigenvalue weighted by Crippen LogP contribution is 2.16. The zero-order valence-electron chi connectivity index (χ0n) is 23.7. The van der Waals surface area contributed by atoms with Crippen molar-refractivity contribution in [2.24, 2.45) is 0 Å². The molecule has 0 N–H and O–H groups in total. The molecule has 0 aliphatic carbocycles. The Bertz CT molecular complexity index is 542. The van der Waals surface area contributed by atoms with Gasteiger partial charge in [0.15, 0.2) is 0 Å². The molecule has 212 valence electrons. The van der Waals surface area contributed by atoms with Gasteiger partial charge in [-0.15, -0.1) is 6.58 Å². The molecule has 1 fully saturated rings. The first-order valence-electron chi connectivity index (χ1n) is 12.6. The number of esters is 2. The summed E-state index contributed by atoms with van der Waals surface area (Å²) in [4.78, 5) is 21.6. The highest BCUT2D eigenvalue weighted by Gasteiger charge is 2.20. The lowest BCUT2D eigenvalue weighted by Gasteiger charge is -2.03. The number of hydrogen-bond donors (Lipinski definition) is 0. The van der Waals surface area contributed by atoms with E-state index in [1.54, 1.807) is 47.3 Å². The van der Waals surface area contributed by atoms with Crippen molar-refractivity contribution in [3.8, 4) is 0 Å². The number of hydrogen-bond acceptors (Lipinski definition) is 8. The van der Waals surface area contributed by atoms with Gasteiger partial charge in [0.05, 0.1) is 25.9 Å². The lowest BCUT2D eigenvalue weighted by atomic mass is 10.2. The zero-order valence-corrected chi connectivity index (χ0v) is 23.7. The summed E-state index contributed by atoms with van der Waals surface area (Å²) in [6.45, 7) is 16.4. The van der Waals surface area contributed by atoms with Crippen LogP contribution < -0.4 is 0 Å². The fourth-order valence-electron chi connectivity index (χ4n) is 2.20. The van der Waals surface area contributed by atoms with E-state index in [2.05, 4.69) is 13.2 Å². The van der Waals surface area contributed by atoms with E-state index in [1.165, 1.54) is 25.3 Å². The van der Waals surface area contributed by atoms with Crippen LogP contribution in [0.15, 0.2) is 37.0 Å². The fourth-order valence-corrected chi connectivity index (χ4v) is 2.20. The molecule has 0 aromatic carbocycles. The van der Waals surface area contributed by atoms with Gasteiger partial charge < -0.3 is 28.4 Å². The first kappa shape index (κ1) is 38.5. The van der Waals surface area contributed by atoms with Crippen LogP contribution in [0.4, 0.5) is 0 Å². The smallest absolute Gasteiger partial charge is 0.333 e. The van der Waals surface area contributed by atoms with E-state index in [0.717, 1.165) is 45.5 Å². The van der Waals surface area contributed by atoms with E-state index >= 15 is 0 Å². The Morgan fingerprint density at radius 3 is 1.64 bits per heavy atom. The molecule has 0 aromatic rings. The van der Waals surface area contributed by atoms with Gasteiger partial charge in [-0.1, -0.05) is 18.7 Å². The first-order chi connectivity index (χ1) is 17.3. The summed E-state index contributed by atoms with van der Waals surface area (Å²) in [6.07, 6.45) is 12.6. The van der Waals surface area contributed by atoms with E-state index in [1.807, 2.05) is 6.92 Å². The summed E-state index contributed by atoms with van der Waals surface area (Å²) in [5.74, 6) is -0.581. The molecule has 0 saturated carbocycles. The van der Waals surface area contributed by atoms with Crippen molar-refractivity contribution in [2.45, 2.75) is 71.8 Å². The normalized spacial score (nSPS) is 13.1. The monoisotopic (exact) mass is 516 g/mol. The molecule has 0 bridgehead atoms. The summed E-state index contributed by atoms with van der Waals surface area (Å²) in [5.41, 5.74) is 0.446. The van der Waals surface area contributed by atoms with Crippen molar-refractivity contribution >= 4 is 11.9 Å². The van der Waals surface area contributed by atoms with Gasteiger partial charge >= 0.3 is 11.9 Å². The van der Waals surface area contributed by atoms with Gasteiger partial charge in [-0.3, -0.25) is 0 Å². The first-order valence-corrected chi connectivity index (χ1v) is 12.6. The fraction of sp³-hybridized carbons (Fsp3) is 0.714. The van der Waals surface area contributed by atoms with Crippen molar-refractivity contribution in [2.75, 3.05) is 61.0 Å². The molecule has 1 heterocycles. The molecule has 0 amide bonds. The van der Waals surface area contributed by atoms with Crippen LogP contribution in [0.5, 0.6) is 0 Å². The Morgan fingerprint density at radius 2 is 1.25 bits per heavy atom. The standard InChI is InChI=1S/2C9H16O3.C7H14O2.C3H6/c1-8(2)9(10)12-7-5-4-6-11-3;1-3-6-9(10)12-8-5-4-7-11-2;1-8-5-3-2-4-7-6-9-7;1-3-2/h1,4-7H2,2-3H3;3,6H,4-5,7-8H2,1-2H3;7H,2-6H2,1H3;3H,1H2,2H3. The van der Waals surface area contributed by atoms with Crippen LogP contribution in [-0.4, -0.2) is 79.0 Å². The number of allylic oxidation sites excluding steroid dienone is 2. The van der Waals surface area contributed by atoms with Crippen LogP contribution in [-0.2, 0) is 38.0 Å². The van der Waals surface area contributed by atoms with Crippen molar-refractivity contribution in [1.82, 2.24) is 0 Å². The van der Waals surface area contributed by atoms with Gasteiger partial charge in [-0.2, -0.15) is 0 Å². The number of rotatable bonds is 17. The van der Waals surface area contributed by atoms with Crippen LogP contribution in [0.25, 0.3) is 0 Å². The van der Waals surface area contributed by atoms with E-state index in [4.69, 9.17) is 28.4 Å². The summed E-state index contributed by atoms with van der Waals surface area (Å²) in [5, 5.41) is 0. The topological polar surface area (TPSA) is 92.8 Å². The van der Waals surface area contributed by atoms with E-state index in [-0.39, 0.29) is 11.9 Å². The molecule has 1 atom stereocenters. The molecule has 8 heteroatoms. The van der Waals surface area contributed by atoms with Gasteiger partial charge in [0.25, 0.3) is 0 Å². The minimum Gasteiger partial charge on any atom is -0.463 e. The molecule has 0 aromatic heterocycles. The number of ether oxygens (including phenoxy) is 6. The summed E-state index contributed by atoms with van der Waals surface area (Å²) < 4.78 is 29.3. The van der Waals surface area contributed by atoms with Gasteiger partial charge in [-0.05, 0) is 65.7 Å². The Kier molecular flexibility index (Phi) is 35.3. The van der Waals surface area contributed by atoms with Crippen molar-refractivity contribution in [1.29, 1.82) is 0 Å². The molecule has 1 saturated heterocycles. The van der Waals surface area contributed by atoms with E-state index < -0.39 is 0 Å². The highest BCUT2D eigenvalue weighted by atomic mass is 16.6. The summed E-state index contributed by atoms with van der Waals surface area (Å²) in [7, 11) is 5.05. The van der Waals surface area contributed by atoms with Gasteiger partial charge in [-0.25, -0.2) is 9.59 Å². The lowest BCUT2D eigenvalue weighted by molar-refractivity contribution is -0.139. The van der Waals surface area contributed by atoms with Crippen molar-refractivity contribution in [3.05, 3.63) is 37.0 Å². The van der Waals surface area contributed by atoms with Crippen LogP contribution in [0, 0.1) is 0 Å². The van der Waals surface area contributed by atoms with E-state index in [9.17, 15) is 9.59 Å². The molecule has 0 radical (unpaired) electrons. The molecule has 1 aliphatic heterocycles. The average molecular weight is 517 g/mol. The number of unbranched alkanes of at least 4 members (excludes halogenated alkanes) is 3. The molecule has 36 heavy (non-hydrogen) atoms. The number of carbonyl (C=O) groups is 2. The van der Waals surface area contributed by atoms with E-state index in [0.29, 0.717) is 31.5 Å². The predicted molar refractivity (Wildman–Crippen MR) is 145 cm³/mol. The Balaban J connectivity index is -0.000000432. The minimum atomic E-state index is -0.313. The highest BCUT2D eigenvalue weighted by molar-refractivity contribution is 5.86. The molecular formula is C28H52O8. The third-order valence-corrected chi connectivity index (χ3v) is 4.14. The molecule has 0 spiro atoms. The Morgan fingerprint density at radius 1 is 0.833 bits per heavy atom. The molecular weight excluding hydrogens is 464 g/mol. The maximum absolute atomic E-state index is 10.8. The third kappa shape index (κ3) is 39.2. The lowest BCUT2D eigenvalue weighted by Crippen LogP contribution is -2.06. The molecule has 1 unspecified atom stereocenters. The summed E-state index contributed by atoms with van der Waals surface area (Å²) in [6, 6.07) is 0. The maximum atomic E-state index is 10.8. The van der Waals surface area contributed by atoms with Gasteiger partial charge in [0.2, 0.25) is 0 Å². The second kappa shape index (κ2) is 33.0. The maximum Gasteiger partial charge on any atom is 0.333 e. The van der Waals surface area contributed by atoms with Crippen molar-refractivity contribution < 1.29 is 38.0 Å². The van der Waals surface area contributed by atoms with Gasteiger partial charge in [0.1, 0.15) is 0 Å². The second-order valence-electron chi connectivity index (χ2n) is 7.84. The second-order valence-corrected chi connectivity index (χ2v) is 7.84. The quantitative estimate of drug-likeness (QED) is 0.0827. The Labute approximate surface area is 220 Å². The molecule has 8 nitrogen and oxygen atoms in total. The zero-order chi connectivity index (χ0) is 27.9. The van der Waals surface area contributed by atoms with Gasteiger partial charge in [0, 0.05) is 52.8 Å². The molecule has 1 aliphatic rings. The Hall–Kier alpha value is -2.00. The average Bonchev–Trinajstić information content (AvgIpc) is 3.67. The number of epoxide rings is 1. The number of carbonyl (C=O) groups excluding carboxylic acids is 2. The largest absolute Gasteiger partial charge is 0.463 e. The third-order valence-electron chi connectivity index (χ3n) is 4.14. The SMILES string of the molecule is C=C(C)C(=O)OCCCCOC.C=CC.CC=CC(=O)OCCCCOC.COCCCCC1CO1. The summed E-state index contributed by atoms with van der Waals surface area (Å²) >= 11 is 0. The minimum absolute atomic E-state index is 0.269. The molecule has 1 rings (SSSR count). The van der Waals surface area contributed by atoms with Crippen LogP contribution >= 0.6 is 0 Å².